The summed E-state index contributed by atoms with van der Waals surface area (Å²) in [4.78, 5) is 23.9. The number of benzene rings is 2. The maximum atomic E-state index is 13.5. The molecule has 7 heteroatoms. The highest BCUT2D eigenvalue weighted by Gasteiger charge is 2.11. The Balaban J connectivity index is 1.95. The van der Waals surface area contributed by atoms with Crippen LogP contribution in [0.5, 0.6) is 11.5 Å². The highest BCUT2D eigenvalue weighted by Crippen LogP contribution is 2.27. The molecule has 2 aromatic rings. The van der Waals surface area contributed by atoms with Crippen LogP contribution in [0, 0.1) is 5.82 Å². The molecule has 136 valence electrons. The van der Waals surface area contributed by atoms with E-state index >= 15 is 0 Å². The normalized spacial score (nSPS) is 10.4. The van der Waals surface area contributed by atoms with Crippen molar-refractivity contribution in [3.63, 3.8) is 0 Å². The van der Waals surface area contributed by atoms with Crippen LogP contribution in [-0.2, 0) is 4.79 Å². The highest BCUT2D eigenvalue weighted by atomic mass is 19.1. The molecule has 0 aromatic heterocycles. The second-order valence-electron chi connectivity index (χ2n) is 5.10. The van der Waals surface area contributed by atoms with Gasteiger partial charge in [0.1, 0.15) is 5.82 Å². The van der Waals surface area contributed by atoms with Gasteiger partial charge in [0.15, 0.2) is 11.5 Å². The van der Waals surface area contributed by atoms with Gasteiger partial charge in [0.25, 0.3) is 11.8 Å². The summed E-state index contributed by atoms with van der Waals surface area (Å²) in [6, 6.07) is 10.7. The van der Waals surface area contributed by atoms with E-state index < -0.39 is 17.6 Å². The van der Waals surface area contributed by atoms with Gasteiger partial charge in [0.2, 0.25) is 0 Å². The van der Waals surface area contributed by atoms with Crippen molar-refractivity contribution in [2.24, 2.45) is 0 Å². The van der Waals surface area contributed by atoms with Crippen molar-refractivity contribution in [2.75, 3.05) is 13.7 Å². The first kappa shape index (κ1) is 19.0. The van der Waals surface area contributed by atoms with Gasteiger partial charge in [-0.25, -0.2) is 4.39 Å². The molecule has 0 spiro atoms. The largest absolute Gasteiger partial charge is 0.493 e. The van der Waals surface area contributed by atoms with Crippen molar-refractivity contribution in [2.45, 2.75) is 6.92 Å². The Labute approximate surface area is 150 Å². The van der Waals surface area contributed by atoms with Crippen LogP contribution in [0.2, 0.25) is 0 Å². The zero-order valence-electron chi connectivity index (χ0n) is 14.4. The average molecular weight is 358 g/mol. The van der Waals surface area contributed by atoms with Crippen LogP contribution in [0.4, 0.5) is 4.39 Å². The zero-order valence-corrected chi connectivity index (χ0v) is 14.4. The number of halogens is 1. The molecule has 2 N–H and O–H groups in total. The fraction of sp³-hybridized carbons (Fsp3) is 0.158. The molecule has 0 unspecified atom stereocenters. The van der Waals surface area contributed by atoms with Crippen molar-refractivity contribution in [3.8, 4) is 11.5 Å². The van der Waals surface area contributed by atoms with E-state index in [1.54, 1.807) is 24.3 Å². The maximum Gasteiger partial charge on any atom is 0.269 e. The Kier molecular flexibility index (Phi) is 6.73. The first-order chi connectivity index (χ1) is 12.5. The number of nitrogens with one attached hydrogen (secondary N) is 2. The van der Waals surface area contributed by atoms with Crippen molar-refractivity contribution in [3.05, 3.63) is 65.5 Å². The van der Waals surface area contributed by atoms with Crippen LogP contribution in [0.3, 0.4) is 0 Å². The third-order valence-electron chi connectivity index (χ3n) is 3.34. The van der Waals surface area contributed by atoms with Gasteiger partial charge in [-0.1, -0.05) is 18.2 Å². The molecule has 0 bridgehead atoms. The highest BCUT2D eigenvalue weighted by molar-refractivity contribution is 5.98. The predicted molar refractivity (Wildman–Crippen MR) is 95.2 cm³/mol. The van der Waals surface area contributed by atoms with E-state index in [4.69, 9.17) is 9.47 Å². The van der Waals surface area contributed by atoms with Crippen LogP contribution < -0.4 is 20.3 Å². The maximum absolute atomic E-state index is 13.5. The summed E-state index contributed by atoms with van der Waals surface area (Å²) in [5.74, 6) is -0.644. The lowest BCUT2D eigenvalue weighted by Gasteiger charge is -2.11. The predicted octanol–water partition coefficient (Wildman–Crippen LogP) is 2.71. The summed E-state index contributed by atoms with van der Waals surface area (Å²) in [6.07, 6.45) is 2.44. The first-order valence-electron chi connectivity index (χ1n) is 7.89. The Bertz CT molecular complexity index is 821. The second kappa shape index (κ2) is 9.22. The summed E-state index contributed by atoms with van der Waals surface area (Å²) in [7, 11) is 1.47. The van der Waals surface area contributed by atoms with Crippen LogP contribution in [0.1, 0.15) is 22.8 Å². The number of methoxy groups -OCH3 is 1. The van der Waals surface area contributed by atoms with E-state index in [0.717, 1.165) is 6.08 Å². The lowest BCUT2D eigenvalue weighted by atomic mass is 10.2. The lowest BCUT2D eigenvalue weighted by molar-refractivity contribution is -0.117. The zero-order chi connectivity index (χ0) is 18.9. The molecular formula is C19H19FN2O4. The summed E-state index contributed by atoms with van der Waals surface area (Å²) in [6.45, 7) is 2.30. The summed E-state index contributed by atoms with van der Waals surface area (Å²) < 4.78 is 24.0. The Hall–Kier alpha value is -3.35. The Morgan fingerprint density at radius 3 is 2.58 bits per heavy atom. The number of hydrogen-bond acceptors (Lipinski definition) is 4. The molecule has 0 saturated heterocycles. The molecule has 26 heavy (non-hydrogen) atoms. The molecule has 0 heterocycles. The molecule has 0 aliphatic heterocycles. The van der Waals surface area contributed by atoms with E-state index in [1.807, 2.05) is 6.92 Å². The van der Waals surface area contributed by atoms with E-state index in [1.165, 1.54) is 31.4 Å². The standard InChI is InChI=1S/C19H19FN2O4/c1-3-26-16-10-8-14(12-17(16)25-2)19(24)22-21-18(23)11-9-13-6-4-5-7-15(13)20/h4-12H,3H2,1-2H3,(H,21,23)(H,22,24)/b11-9+. The third-order valence-corrected chi connectivity index (χ3v) is 3.34. The van der Waals surface area contributed by atoms with Gasteiger partial charge in [0.05, 0.1) is 13.7 Å². The Morgan fingerprint density at radius 1 is 1.12 bits per heavy atom. The van der Waals surface area contributed by atoms with Gasteiger partial charge in [-0.2, -0.15) is 0 Å². The number of carbonyl (C=O) groups excluding carboxylic acids is 2. The van der Waals surface area contributed by atoms with E-state index in [0.29, 0.717) is 18.1 Å². The van der Waals surface area contributed by atoms with Gasteiger partial charge in [-0.3, -0.25) is 20.4 Å². The fourth-order valence-corrected chi connectivity index (χ4v) is 2.09. The number of hydrogen-bond donors (Lipinski definition) is 2. The molecule has 2 aromatic carbocycles. The molecule has 6 nitrogen and oxygen atoms in total. The minimum atomic E-state index is -0.598. The molecule has 2 rings (SSSR count). The number of amides is 2. The molecule has 0 saturated carbocycles. The van der Waals surface area contributed by atoms with E-state index in [9.17, 15) is 14.0 Å². The van der Waals surface area contributed by atoms with Gasteiger partial charge >= 0.3 is 0 Å². The van der Waals surface area contributed by atoms with Gasteiger partial charge < -0.3 is 9.47 Å². The quantitative estimate of drug-likeness (QED) is 0.615. The molecule has 0 aliphatic carbocycles. The molecule has 0 radical (unpaired) electrons. The summed E-state index contributed by atoms with van der Waals surface area (Å²) >= 11 is 0. The van der Waals surface area contributed by atoms with Crippen LogP contribution in [-0.4, -0.2) is 25.5 Å². The van der Waals surface area contributed by atoms with Crippen molar-refractivity contribution >= 4 is 17.9 Å². The number of carbonyl (C=O) groups is 2. The monoisotopic (exact) mass is 358 g/mol. The van der Waals surface area contributed by atoms with Gasteiger partial charge in [0, 0.05) is 17.2 Å². The van der Waals surface area contributed by atoms with E-state index in [-0.39, 0.29) is 11.1 Å². The topological polar surface area (TPSA) is 76.7 Å². The van der Waals surface area contributed by atoms with Crippen molar-refractivity contribution < 1.29 is 23.5 Å². The van der Waals surface area contributed by atoms with Gasteiger partial charge in [-0.15, -0.1) is 0 Å². The molecule has 0 fully saturated rings. The van der Waals surface area contributed by atoms with Crippen LogP contribution in [0.15, 0.2) is 48.5 Å². The average Bonchev–Trinajstić information content (AvgIpc) is 2.66. The fourth-order valence-electron chi connectivity index (χ4n) is 2.09. The first-order valence-corrected chi connectivity index (χ1v) is 7.89. The number of ether oxygens (including phenoxy) is 2. The SMILES string of the molecule is CCOc1ccc(C(=O)NNC(=O)/C=C/c2ccccc2F)cc1OC. The van der Waals surface area contributed by atoms with E-state index in [2.05, 4.69) is 10.9 Å². The molecular weight excluding hydrogens is 339 g/mol. The lowest BCUT2D eigenvalue weighted by Crippen LogP contribution is -2.40. The molecule has 2 amide bonds. The van der Waals surface area contributed by atoms with Crippen LogP contribution in [0.25, 0.3) is 6.08 Å². The van der Waals surface area contributed by atoms with Crippen molar-refractivity contribution in [1.82, 2.24) is 10.9 Å². The van der Waals surface area contributed by atoms with Gasteiger partial charge in [-0.05, 0) is 37.3 Å². The molecule has 0 aliphatic rings. The van der Waals surface area contributed by atoms with Crippen LogP contribution >= 0.6 is 0 Å². The minimum Gasteiger partial charge on any atom is -0.493 e. The third kappa shape index (κ3) is 5.07. The second-order valence-corrected chi connectivity index (χ2v) is 5.10. The minimum absolute atomic E-state index is 0.269. The number of rotatable bonds is 6. The molecule has 0 atom stereocenters. The summed E-state index contributed by atoms with van der Waals surface area (Å²) in [5, 5.41) is 0. The van der Waals surface area contributed by atoms with Crippen molar-refractivity contribution in [1.29, 1.82) is 0 Å². The Morgan fingerprint density at radius 2 is 1.88 bits per heavy atom. The summed E-state index contributed by atoms with van der Waals surface area (Å²) in [5.41, 5.74) is 5.05. The smallest absolute Gasteiger partial charge is 0.269 e. The number of hydrazine groups is 1.